The third-order valence-corrected chi connectivity index (χ3v) is 10.1. The van der Waals surface area contributed by atoms with Crippen molar-refractivity contribution in [2.75, 3.05) is 0 Å². The summed E-state index contributed by atoms with van der Waals surface area (Å²) in [6.45, 7) is 0. The van der Waals surface area contributed by atoms with Crippen molar-refractivity contribution in [1.29, 1.82) is 0 Å². The second-order valence-corrected chi connectivity index (χ2v) is 13.3. The highest BCUT2D eigenvalue weighted by atomic mass is 16.3. The Morgan fingerprint density at radius 1 is 0.404 bits per heavy atom. The summed E-state index contributed by atoms with van der Waals surface area (Å²) >= 11 is 0. The van der Waals surface area contributed by atoms with Crippen LogP contribution < -0.4 is 0 Å². The Morgan fingerprint density at radius 3 is 2.00 bits per heavy atom. The Labute approximate surface area is 345 Å². The summed E-state index contributed by atoms with van der Waals surface area (Å²) in [4.78, 5) is 15.1. The highest BCUT2D eigenvalue weighted by Crippen LogP contribution is 2.40. The SMILES string of the molecule is [2H]c1cc([2H])c2c(c1[2H])c1c([2H])c([2H])c([2H])c([2H])c1n2-c1ccccc1-c1nc(-c2cccc(-c3c([2H])c([2H])c([2H])c4c3oc3c([2H])c([2H])c([2H])c([2H])c34)c2)nc(-c2cccc3c2oc2ccccc23)n1. The molecule has 0 aliphatic carbocycles. The summed E-state index contributed by atoms with van der Waals surface area (Å²) in [5, 5.41) is 1.49. The van der Waals surface area contributed by atoms with E-state index in [9.17, 15) is 1.37 Å². The van der Waals surface area contributed by atoms with E-state index in [4.69, 9.17) is 41.6 Å². The van der Waals surface area contributed by atoms with Gasteiger partial charge in [-0.25, -0.2) is 15.0 Å². The van der Waals surface area contributed by atoms with Crippen LogP contribution in [-0.4, -0.2) is 19.5 Å². The van der Waals surface area contributed by atoms with Gasteiger partial charge >= 0.3 is 0 Å². The minimum atomic E-state index is -0.541. The normalized spacial score (nSPS) is 15.3. The number of para-hydroxylation sites is 7. The third kappa shape index (κ3) is 4.87. The molecule has 0 aliphatic heterocycles. The minimum Gasteiger partial charge on any atom is -0.455 e. The van der Waals surface area contributed by atoms with E-state index in [1.54, 1.807) is 54.6 Å². The Balaban J connectivity index is 1.15. The maximum Gasteiger partial charge on any atom is 0.167 e. The predicted molar refractivity (Wildman–Crippen MR) is 230 cm³/mol. The highest BCUT2D eigenvalue weighted by molar-refractivity contribution is 6.11. The largest absolute Gasteiger partial charge is 0.455 e. The average molecular weight is 745 g/mol. The molecule has 6 heteroatoms. The zero-order valence-corrected chi connectivity index (χ0v) is 29.3. The molecule has 8 aromatic carbocycles. The van der Waals surface area contributed by atoms with Gasteiger partial charge in [-0.3, -0.25) is 0 Å². The van der Waals surface area contributed by atoms with Crippen LogP contribution in [-0.2, 0) is 0 Å². The molecule has 266 valence electrons. The van der Waals surface area contributed by atoms with E-state index >= 15 is 0 Å². The Bertz CT molecular complexity index is 4370. The van der Waals surface area contributed by atoms with Crippen molar-refractivity contribution in [2.24, 2.45) is 0 Å². The molecular formula is C51H30N4O2. The molecule has 6 nitrogen and oxygen atoms in total. The molecule has 0 spiro atoms. The smallest absolute Gasteiger partial charge is 0.167 e. The van der Waals surface area contributed by atoms with Crippen LogP contribution in [0.25, 0.3) is 117 Å². The number of rotatable bonds is 5. The van der Waals surface area contributed by atoms with E-state index in [1.165, 1.54) is 10.6 Å². The maximum atomic E-state index is 9.18. The van der Waals surface area contributed by atoms with Crippen LogP contribution in [0.4, 0.5) is 0 Å². The fourth-order valence-corrected chi connectivity index (χ4v) is 7.58. The first kappa shape index (κ1) is 20.7. The highest BCUT2D eigenvalue weighted by Gasteiger charge is 2.21. The second-order valence-electron chi connectivity index (χ2n) is 13.3. The minimum absolute atomic E-state index is 0.00415. The van der Waals surface area contributed by atoms with Crippen molar-refractivity contribution in [3.8, 4) is 51.0 Å². The molecule has 0 radical (unpaired) electrons. The van der Waals surface area contributed by atoms with Crippen LogP contribution in [0, 0.1) is 0 Å². The fourth-order valence-electron chi connectivity index (χ4n) is 7.58. The average Bonchev–Trinajstić information content (AvgIpc) is 4.08. The van der Waals surface area contributed by atoms with E-state index in [2.05, 4.69) is 0 Å². The van der Waals surface area contributed by atoms with Gasteiger partial charge in [0.05, 0.1) is 41.5 Å². The van der Waals surface area contributed by atoms with Crippen molar-refractivity contribution in [2.45, 2.75) is 0 Å². The number of hydrogen-bond acceptors (Lipinski definition) is 5. The Morgan fingerprint density at radius 2 is 1.05 bits per heavy atom. The molecule has 0 fully saturated rings. The lowest BCUT2D eigenvalue weighted by Crippen LogP contribution is -2.03. The zero-order valence-electron chi connectivity index (χ0n) is 43.3. The molecule has 12 aromatic rings. The standard InChI is InChI=1S/C51H30N4O2/c1-6-25-42-34(16-1)35-17-2-7-26-43(35)55(42)44-27-8-3-20-40(44)50-52-49(53-51(54-50)41-24-13-23-39-37-19-5-10-29-46(37)57-48(39)41)32-15-11-14-31(30-32)33-21-12-22-38-36-18-4-9-28-45(36)56-47(33)38/h1-30H/i1D,2D,4D,6D,9D,12D,16D,17D,18D,21D,22D,25D,26D,28D. The van der Waals surface area contributed by atoms with Gasteiger partial charge in [-0.2, -0.15) is 0 Å². The van der Waals surface area contributed by atoms with Gasteiger partial charge in [0.1, 0.15) is 22.3 Å². The van der Waals surface area contributed by atoms with Gasteiger partial charge in [0.15, 0.2) is 17.5 Å². The fraction of sp³-hybridized carbons (Fsp3) is 0. The number of fused-ring (bicyclic) bond motifs is 9. The molecule has 4 heterocycles. The van der Waals surface area contributed by atoms with Crippen molar-refractivity contribution < 1.29 is 28.0 Å². The topological polar surface area (TPSA) is 69.9 Å². The van der Waals surface area contributed by atoms with Gasteiger partial charge in [0, 0.05) is 49.0 Å². The molecule has 0 N–H and O–H groups in total. The molecule has 0 amide bonds. The van der Waals surface area contributed by atoms with E-state index in [0.717, 1.165) is 10.8 Å². The first-order valence-corrected chi connectivity index (χ1v) is 17.9. The molecular weight excluding hydrogens is 701 g/mol. The van der Waals surface area contributed by atoms with Crippen molar-refractivity contribution >= 4 is 65.7 Å². The zero-order chi connectivity index (χ0) is 49.6. The number of benzene rings is 8. The lowest BCUT2D eigenvalue weighted by molar-refractivity contribution is 0.669. The molecule has 12 rings (SSSR count). The Hall–Kier alpha value is -7.83. The summed E-state index contributed by atoms with van der Waals surface area (Å²) < 4.78 is 137. The molecule has 4 aromatic heterocycles. The number of aromatic nitrogens is 4. The van der Waals surface area contributed by atoms with Crippen LogP contribution >= 0.6 is 0 Å². The summed E-state index contributed by atoms with van der Waals surface area (Å²) in [6.07, 6.45) is 0. The van der Waals surface area contributed by atoms with Crippen LogP contribution in [0.3, 0.4) is 0 Å². The molecule has 0 bridgehead atoms. The van der Waals surface area contributed by atoms with E-state index in [0.29, 0.717) is 33.4 Å². The summed E-state index contributed by atoms with van der Waals surface area (Å²) in [7, 11) is 0. The van der Waals surface area contributed by atoms with Gasteiger partial charge in [-0.05, 0) is 54.0 Å². The lowest BCUT2D eigenvalue weighted by atomic mass is 10.00. The lowest BCUT2D eigenvalue weighted by Gasteiger charge is -2.15. The van der Waals surface area contributed by atoms with Gasteiger partial charge in [0.2, 0.25) is 0 Å². The van der Waals surface area contributed by atoms with Gasteiger partial charge in [-0.15, -0.1) is 0 Å². The molecule has 0 aliphatic rings. The summed E-state index contributed by atoms with van der Waals surface area (Å²) in [5.74, 6) is 0.326. The van der Waals surface area contributed by atoms with E-state index < -0.39 is 60.4 Å². The number of hydrogen-bond donors (Lipinski definition) is 0. The summed E-state index contributed by atoms with van der Waals surface area (Å²) in [5.41, 5.74) is 2.66. The first-order chi connectivity index (χ1) is 34.1. The first-order valence-electron chi connectivity index (χ1n) is 24.9. The monoisotopic (exact) mass is 744 g/mol. The van der Waals surface area contributed by atoms with Crippen LogP contribution in [0.1, 0.15) is 19.2 Å². The van der Waals surface area contributed by atoms with Crippen molar-refractivity contribution in [3.05, 3.63) is 182 Å². The van der Waals surface area contributed by atoms with E-state index in [1.807, 2.05) is 36.4 Å². The van der Waals surface area contributed by atoms with Crippen molar-refractivity contribution in [3.63, 3.8) is 0 Å². The molecule has 0 saturated carbocycles. The predicted octanol–water partition coefficient (Wildman–Crippen LogP) is 13.4. The third-order valence-electron chi connectivity index (χ3n) is 10.1. The van der Waals surface area contributed by atoms with Gasteiger partial charge in [-0.1, -0.05) is 133 Å². The van der Waals surface area contributed by atoms with Gasteiger partial charge in [0.25, 0.3) is 0 Å². The van der Waals surface area contributed by atoms with Crippen LogP contribution in [0.5, 0.6) is 0 Å². The quantitative estimate of drug-likeness (QED) is 0.175. The summed E-state index contributed by atoms with van der Waals surface area (Å²) in [6, 6.07) is 21.7. The van der Waals surface area contributed by atoms with Crippen molar-refractivity contribution in [1.82, 2.24) is 19.5 Å². The Kier molecular flexibility index (Phi) is 4.49. The molecule has 0 saturated heterocycles. The van der Waals surface area contributed by atoms with Gasteiger partial charge < -0.3 is 13.4 Å². The molecule has 0 atom stereocenters. The van der Waals surface area contributed by atoms with Crippen LogP contribution in [0.2, 0.25) is 0 Å². The van der Waals surface area contributed by atoms with E-state index in [-0.39, 0.29) is 96.6 Å². The molecule has 0 unspecified atom stereocenters. The van der Waals surface area contributed by atoms with Crippen LogP contribution in [0.15, 0.2) is 190 Å². The number of furan rings is 2. The molecule has 57 heavy (non-hydrogen) atoms. The second kappa shape index (κ2) is 12.3. The number of nitrogens with zero attached hydrogens (tertiary/aromatic N) is 4. The maximum absolute atomic E-state index is 9.18.